The van der Waals surface area contributed by atoms with E-state index < -0.39 is 0 Å². The molecule has 20 heavy (non-hydrogen) atoms. The van der Waals surface area contributed by atoms with Crippen LogP contribution in [0.1, 0.15) is 32.6 Å². The normalized spacial score (nSPS) is 22.4. The Kier molecular flexibility index (Phi) is 4.64. The molecule has 0 aromatic heterocycles. The number of benzene rings is 2. The highest BCUT2D eigenvalue weighted by atomic mass is 32.2. The van der Waals surface area contributed by atoms with Crippen molar-refractivity contribution in [2.75, 3.05) is 6.54 Å². The van der Waals surface area contributed by atoms with E-state index in [2.05, 4.69) is 66.5 Å². The summed E-state index contributed by atoms with van der Waals surface area (Å²) in [4.78, 5) is 1.42. The molecular weight excluding hydrogens is 262 g/mol. The van der Waals surface area contributed by atoms with Crippen LogP contribution in [0.3, 0.4) is 0 Å². The van der Waals surface area contributed by atoms with Gasteiger partial charge in [0.1, 0.15) is 0 Å². The summed E-state index contributed by atoms with van der Waals surface area (Å²) in [6, 6.07) is 16.2. The molecule has 0 bridgehead atoms. The number of hydrogen-bond acceptors (Lipinski definition) is 2. The summed E-state index contributed by atoms with van der Waals surface area (Å²) in [5.74, 6) is 0. The molecule has 1 aliphatic rings. The lowest BCUT2D eigenvalue weighted by molar-refractivity contribution is 0.524. The van der Waals surface area contributed by atoms with Crippen LogP contribution >= 0.6 is 11.8 Å². The fourth-order valence-electron chi connectivity index (χ4n) is 3.01. The Morgan fingerprint density at radius 2 is 1.95 bits per heavy atom. The quantitative estimate of drug-likeness (QED) is 0.842. The molecule has 1 fully saturated rings. The molecule has 0 radical (unpaired) electrons. The van der Waals surface area contributed by atoms with E-state index in [1.165, 1.54) is 41.4 Å². The van der Waals surface area contributed by atoms with Gasteiger partial charge in [-0.15, -0.1) is 11.8 Å². The first-order chi connectivity index (χ1) is 9.85. The van der Waals surface area contributed by atoms with Crippen LogP contribution in [0.25, 0.3) is 10.8 Å². The molecule has 1 nitrogen and oxygen atoms in total. The third-order valence-electron chi connectivity index (χ3n) is 4.09. The van der Waals surface area contributed by atoms with Crippen molar-refractivity contribution in [1.29, 1.82) is 0 Å². The maximum Gasteiger partial charge on any atom is 0.0110 e. The number of rotatable bonds is 5. The minimum Gasteiger partial charge on any atom is -0.314 e. The predicted octanol–water partition coefficient (Wildman–Crippen LogP) is 4.85. The summed E-state index contributed by atoms with van der Waals surface area (Å²) in [6.45, 7) is 3.40. The first kappa shape index (κ1) is 14.0. The van der Waals surface area contributed by atoms with Crippen LogP contribution in [0, 0.1) is 0 Å². The predicted molar refractivity (Wildman–Crippen MR) is 89.5 cm³/mol. The van der Waals surface area contributed by atoms with Gasteiger partial charge in [0.05, 0.1) is 0 Å². The summed E-state index contributed by atoms with van der Waals surface area (Å²) in [5, 5.41) is 7.14. The van der Waals surface area contributed by atoms with Crippen molar-refractivity contribution < 1.29 is 0 Å². The van der Waals surface area contributed by atoms with Crippen LogP contribution in [-0.4, -0.2) is 17.8 Å². The van der Waals surface area contributed by atoms with Gasteiger partial charge in [-0.1, -0.05) is 37.3 Å². The van der Waals surface area contributed by atoms with Gasteiger partial charge in [-0.2, -0.15) is 0 Å². The largest absolute Gasteiger partial charge is 0.314 e. The van der Waals surface area contributed by atoms with Gasteiger partial charge in [-0.3, -0.25) is 0 Å². The molecule has 0 amide bonds. The molecule has 0 aliphatic heterocycles. The van der Waals surface area contributed by atoms with E-state index in [-0.39, 0.29) is 0 Å². The fourth-order valence-corrected chi connectivity index (χ4v) is 4.32. The molecule has 3 rings (SSSR count). The molecule has 106 valence electrons. The lowest BCUT2D eigenvalue weighted by Crippen LogP contribution is -2.27. The third-order valence-corrected chi connectivity index (χ3v) is 5.38. The van der Waals surface area contributed by atoms with Gasteiger partial charge in [0.25, 0.3) is 0 Å². The summed E-state index contributed by atoms with van der Waals surface area (Å²) < 4.78 is 0. The van der Waals surface area contributed by atoms with E-state index in [4.69, 9.17) is 0 Å². The highest BCUT2D eigenvalue weighted by Crippen LogP contribution is 2.36. The van der Waals surface area contributed by atoms with Gasteiger partial charge in [-0.05, 0) is 55.1 Å². The van der Waals surface area contributed by atoms with Crippen LogP contribution in [-0.2, 0) is 0 Å². The van der Waals surface area contributed by atoms with Crippen molar-refractivity contribution in [3.63, 3.8) is 0 Å². The second-order valence-corrected chi connectivity index (χ2v) is 7.09. The average Bonchev–Trinajstić information content (AvgIpc) is 2.92. The van der Waals surface area contributed by atoms with Crippen molar-refractivity contribution in [3.05, 3.63) is 42.5 Å². The van der Waals surface area contributed by atoms with Gasteiger partial charge in [0, 0.05) is 16.2 Å². The van der Waals surface area contributed by atoms with Gasteiger partial charge in [0.2, 0.25) is 0 Å². The zero-order valence-corrected chi connectivity index (χ0v) is 13.0. The van der Waals surface area contributed by atoms with Crippen LogP contribution < -0.4 is 5.32 Å². The maximum atomic E-state index is 3.66. The first-order valence-corrected chi connectivity index (χ1v) is 8.62. The van der Waals surface area contributed by atoms with Crippen LogP contribution in [0.15, 0.2) is 47.4 Å². The van der Waals surface area contributed by atoms with E-state index >= 15 is 0 Å². The van der Waals surface area contributed by atoms with E-state index in [1.54, 1.807) is 0 Å². The van der Waals surface area contributed by atoms with Crippen LogP contribution in [0.5, 0.6) is 0 Å². The zero-order valence-electron chi connectivity index (χ0n) is 12.1. The molecule has 2 atom stereocenters. The number of hydrogen-bond donors (Lipinski definition) is 1. The monoisotopic (exact) mass is 285 g/mol. The molecule has 2 unspecified atom stereocenters. The molecule has 1 N–H and O–H groups in total. The van der Waals surface area contributed by atoms with Crippen LogP contribution in [0.2, 0.25) is 0 Å². The molecule has 2 aromatic carbocycles. The summed E-state index contributed by atoms with van der Waals surface area (Å²) in [7, 11) is 0. The Balaban J connectivity index is 1.62. The molecular formula is C18H23NS. The topological polar surface area (TPSA) is 12.0 Å². The maximum absolute atomic E-state index is 3.66. The van der Waals surface area contributed by atoms with Gasteiger partial charge in [-0.25, -0.2) is 0 Å². The molecule has 2 heteroatoms. The average molecular weight is 285 g/mol. The molecule has 0 heterocycles. The molecule has 0 spiro atoms. The van der Waals surface area contributed by atoms with Crippen molar-refractivity contribution >= 4 is 22.5 Å². The Bertz CT molecular complexity index is 566. The SMILES string of the molecule is CCCNC1CCC(Sc2ccc3ccccc3c2)C1. The fraction of sp³-hybridized carbons (Fsp3) is 0.444. The van der Waals surface area contributed by atoms with Crippen molar-refractivity contribution in [2.45, 2.75) is 48.8 Å². The lowest BCUT2D eigenvalue weighted by Gasteiger charge is -2.13. The second-order valence-electron chi connectivity index (χ2n) is 5.71. The molecule has 2 aromatic rings. The highest BCUT2D eigenvalue weighted by molar-refractivity contribution is 8.00. The summed E-state index contributed by atoms with van der Waals surface area (Å²) >= 11 is 2.06. The van der Waals surface area contributed by atoms with Crippen molar-refractivity contribution in [1.82, 2.24) is 5.32 Å². The van der Waals surface area contributed by atoms with E-state index in [1.807, 2.05) is 0 Å². The standard InChI is InChI=1S/C18H23NS/c1-2-11-19-16-8-10-18(13-16)20-17-9-7-14-5-3-4-6-15(14)12-17/h3-7,9,12,16,18-19H,2,8,10-11,13H2,1H3. The van der Waals surface area contributed by atoms with Crippen LogP contribution in [0.4, 0.5) is 0 Å². The number of thioether (sulfide) groups is 1. The molecule has 1 saturated carbocycles. The first-order valence-electron chi connectivity index (χ1n) is 7.74. The number of nitrogens with one attached hydrogen (secondary N) is 1. The van der Waals surface area contributed by atoms with Gasteiger partial charge in [0.15, 0.2) is 0 Å². The second kappa shape index (κ2) is 6.64. The Morgan fingerprint density at radius 3 is 2.80 bits per heavy atom. The summed E-state index contributed by atoms with van der Waals surface area (Å²) in [5.41, 5.74) is 0. The Labute approximate surface area is 126 Å². The Hall–Kier alpha value is -0.990. The minimum atomic E-state index is 0.743. The Morgan fingerprint density at radius 1 is 1.10 bits per heavy atom. The van der Waals surface area contributed by atoms with Crippen molar-refractivity contribution in [3.8, 4) is 0 Å². The third kappa shape index (κ3) is 3.36. The van der Waals surface area contributed by atoms with E-state index in [0.717, 1.165) is 17.8 Å². The smallest absolute Gasteiger partial charge is 0.0110 e. The highest BCUT2D eigenvalue weighted by Gasteiger charge is 2.24. The number of fused-ring (bicyclic) bond motifs is 1. The van der Waals surface area contributed by atoms with E-state index in [0.29, 0.717) is 0 Å². The van der Waals surface area contributed by atoms with E-state index in [9.17, 15) is 0 Å². The summed E-state index contributed by atoms with van der Waals surface area (Å²) in [6.07, 6.45) is 5.24. The lowest BCUT2D eigenvalue weighted by atomic mass is 10.1. The zero-order chi connectivity index (χ0) is 13.8. The van der Waals surface area contributed by atoms with Gasteiger partial charge >= 0.3 is 0 Å². The van der Waals surface area contributed by atoms with Crippen molar-refractivity contribution in [2.24, 2.45) is 0 Å². The van der Waals surface area contributed by atoms with Gasteiger partial charge < -0.3 is 5.32 Å². The molecule has 0 saturated heterocycles. The minimum absolute atomic E-state index is 0.743. The molecule has 1 aliphatic carbocycles.